The van der Waals surface area contributed by atoms with Gasteiger partial charge in [0.2, 0.25) is 0 Å². The number of aliphatic hydroxyl groups is 1. The summed E-state index contributed by atoms with van der Waals surface area (Å²) in [6.07, 6.45) is 2.47. The molecule has 3 rings (SSSR count). The number of nitrogens with zero attached hydrogens (tertiary/aromatic N) is 1. The van der Waals surface area contributed by atoms with Crippen molar-refractivity contribution in [3.05, 3.63) is 29.3 Å². The van der Waals surface area contributed by atoms with E-state index in [9.17, 15) is 4.79 Å². The number of aliphatic hydroxyl groups excluding tert-OH is 1. The van der Waals surface area contributed by atoms with Gasteiger partial charge in [-0.15, -0.1) is 0 Å². The highest BCUT2D eigenvalue weighted by molar-refractivity contribution is 5.94. The number of carbonyl (C=O) groups excluding carboxylic acids is 1. The molecule has 6 heteroatoms. The number of piperidine rings is 1. The maximum atomic E-state index is 12.9. The van der Waals surface area contributed by atoms with Crippen LogP contribution in [0.5, 0.6) is 5.75 Å². The van der Waals surface area contributed by atoms with Crippen molar-refractivity contribution in [3.8, 4) is 5.75 Å². The molecule has 1 aromatic rings. The minimum Gasteiger partial charge on any atom is -0.491 e. The molecule has 27 heavy (non-hydrogen) atoms. The number of carbonyl (C=O) groups is 1. The van der Waals surface area contributed by atoms with E-state index in [1.54, 1.807) is 0 Å². The van der Waals surface area contributed by atoms with Gasteiger partial charge in [-0.25, -0.2) is 0 Å². The summed E-state index contributed by atoms with van der Waals surface area (Å²) in [7, 11) is 0. The van der Waals surface area contributed by atoms with Gasteiger partial charge in [0.1, 0.15) is 5.75 Å². The third-order valence-electron chi connectivity index (χ3n) is 5.43. The molecule has 6 nitrogen and oxygen atoms in total. The molecular formula is C21H32N2O4. The summed E-state index contributed by atoms with van der Waals surface area (Å²) in [5.74, 6) is 0.899. The third kappa shape index (κ3) is 4.81. The Bertz CT molecular complexity index is 652. The molecule has 1 spiro atoms. The zero-order valence-electron chi connectivity index (χ0n) is 16.7. The van der Waals surface area contributed by atoms with E-state index in [1.807, 2.05) is 43.9 Å². The van der Waals surface area contributed by atoms with Crippen molar-refractivity contribution in [2.75, 3.05) is 32.8 Å². The minimum absolute atomic E-state index is 0.0575. The molecule has 2 heterocycles. The fourth-order valence-electron chi connectivity index (χ4n) is 3.97. The quantitative estimate of drug-likeness (QED) is 0.824. The van der Waals surface area contributed by atoms with Gasteiger partial charge in [0.25, 0.3) is 5.91 Å². The topological polar surface area (TPSA) is 71.0 Å². The Balaban J connectivity index is 1.61. The molecule has 2 aliphatic rings. The Morgan fingerprint density at radius 2 is 2.15 bits per heavy atom. The van der Waals surface area contributed by atoms with Gasteiger partial charge in [0.15, 0.2) is 0 Å². The van der Waals surface area contributed by atoms with E-state index in [4.69, 9.17) is 14.6 Å². The van der Waals surface area contributed by atoms with Crippen LogP contribution in [-0.2, 0) is 4.74 Å². The Labute approximate surface area is 161 Å². The van der Waals surface area contributed by atoms with Gasteiger partial charge in [0, 0.05) is 38.3 Å². The number of likely N-dealkylation sites (tertiary alicyclic amines) is 1. The lowest BCUT2D eigenvalue weighted by Gasteiger charge is -2.46. The van der Waals surface area contributed by atoms with Crippen LogP contribution in [0.25, 0.3) is 0 Å². The number of nitrogens with one attached hydrogen (secondary N) is 1. The van der Waals surface area contributed by atoms with Gasteiger partial charge in [-0.2, -0.15) is 0 Å². The van der Waals surface area contributed by atoms with Gasteiger partial charge in [-0.05, 0) is 63.8 Å². The Hall–Kier alpha value is -1.63. The molecule has 2 saturated heterocycles. The molecular weight excluding hydrogens is 344 g/mol. The van der Waals surface area contributed by atoms with Crippen LogP contribution in [0.3, 0.4) is 0 Å². The predicted octanol–water partition coefficient (Wildman–Crippen LogP) is 2.13. The Kier molecular flexibility index (Phi) is 6.40. The number of hydrogen-bond acceptors (Lipinski definition) is 5. The highest BCUT2D eigenvalue weighted by Crippen LogP contribution is 2.31. The molecule has 2 aliphatic heterocycles. The SMILES string of the molecule is Cc1cc(C(=O)N2CCC3(CC2)CNCC(CCO)O3)ccc1OC(C)C. The van der Waals surface area contributed by atoms with Crippen molar-refractivity contribution < 1.29 is 19.4 Å². The normalized spacial score (nSPS) is 22.3. The number of amides is 1. The first-order valence-corrected chi connectivity index (χ1v) is 9.98. The molecule has 1 atom stereocenters. The van der Waals surface area contributed by atoms with Gasteiger partial charge >= 0.3 is 0 Å². The van der Waals surface area contributed by atoms with Gasteiger partial charge in [-0.1, -0.05) is 0 Å². The van der Waals surface area contributed by atoms with E-state index in [2.05, 4.69) is 5.32 Å². The highest BCUT2D eigenvalue weighted by atomic mass is 16.5. The standard InChI is InChI=1S/C21H32N2O4/c1-15(2)26-19-5-4-17(12-16(19)3)20(25)23-9-7-21(8-10-23)14-22-13-18(27-21)6-11-24/h4-5,12,15,18,22,24H,6-11,13-14H2,1-3H3. The third-order valence-corrected chi connectivity index (χ3v) is 5.43. The highest BCUT2D eigenvalue weighted by Gasteiger charge is 2.40. The molecule has 0 radical (unpaired) electrons. The smallest absolute Gasteiger partial charge is 0.253 e. The van der Waals surface area contributed by atoms with Crippen LogP contribution in [0, 0.1) is 6.92 Å². The van der Waals surface area contributed by atoms with Crippen LogP contribution in [0.4, 0.5) is 0 Å². The zero-order chi connectivity index (χ0) is 19.4. The number of rotatable bonds is 5. The molecule has 0 aliphatic carbocycles. The van der Waals surface area contributed by atoms with Crippen molar-refractivity contribution in [2.24, 2.45) is 0 Å². The van der Waals surface area contributed by atoms with E-state index in [-0.39, 0.29) is 30.3 Å². The van der Waals surface area contributed by atoms with Gasteiger partial charge in [0.05, 0.1) is 17.8 Å². The first-order valence-electron chi connectivity index (χ1n) is 9.98. The van der Waals surface area contributed by atoms with Crippen molar-refractivity contribution in [2.45, 2.75) is 57.8 Å². The summed E-state index contributed by atoms with van der Waals surface area (Å²) in [6.45, 7) is 9.09. The van der Waals surface area contributed by atoms with Gasteiger partial charge < -0.3 is 24.8 Å². The van der Waals surface area contributed by atoms with E-state index >= 15 is 0 Å². The number of morpholine rings is 1. The van der Waals surface area contributed by atoms with Crippen molar-refractivity contribution in [1.29, 1.82) is 0 Å². The molecule has 0 saturated carbocycles. The second-order valence-electron chi connectivity index (χ2n) is 8.01. The Morgan fingerprint density at radius 1 is 1.41 bits per heavy atom. The lowest BCUT2D eigenvalue weighted by atomic mass is 9.88. The molecule has 0 bridgehead atoms. The van der Waals surface area contributed by atoms with Crippen LogP contribution in [0.2, 0.25) is 0 Å². The lowest BCUT2D eigenvalue weighted by molar-refractivity contribution is -0.142. The summed E-state index contributed by atoms with van der Waals surface area (Å²) in [5.41, 5.74) is 1.48. The molecule has 1 aromatic carbocycles. The summed E-state index contributed by atoms with van der Waals surface area (Å²) in [6, 6.07) is 5.66. The van der Waals surface area contributed by atoms with E-state index < -0.39 is 0 Å². The van der Waals surface area contributed by atoms with E-state index in [0.717, 1.165) is 37.2 Å². The number of benzene rings is 1. The minimum atomic E-state index is -0.209. The number of ether oxygens (including phenoxy) is 2. The predicted molar refractivity (Wildman–Crippen MR) is 104 cm³/mol. The molecule has 2 N–H and O–H groups in total. The van der Waals surface area contributed by atoms with Crippen molar-refractivity contribution >= 4 is 5.91 Å². The molecule has 150 valence electrons. The number of hydrogen-bond donors (Lipinski definition) is 2. The van der Waals surface area contributed by atoms with Gasteiger partial charge in [-0.3, -0.25) is 4.79 Å². The first kappa shape index (κ1) is 20.1. The molecule has 1 unspecified atom stereocenters. The lowest BCUT2D eigenvalue weighted by Crippen LogP contribution is -2.59. The average molecular weight is 376 g/mol. The number of aryl methyl sites for hydroxylation is 1. The maximum absolute atomic E-state index is 12.9. The van der Waals surface area contributed by atoms with Crippen LogP contribution < -0.4 is 10.1 Å². The van der Waals surface area contributed by atoms with Crippen LogP contribution >= 0.6 is 0 Å². The van der Waals surface area contributed by atoms with Crippen LogP contribution in [-0.4, -0.2) is 66.5 Å². The fourth-order valence-corrected chi connectivity index (χ4v) is 3.97. The fraction of sp³-hybridized carbons (Fsp3) is 0.667. The molecule has 2 fully saturated rings. The monoisotopic (exact) mass is 376 g/mol. The van der Waals surface area contributed by atoms with Crippen molar-refractivity contribution in [3.63, 3.8) is 0 Å². The first-order chi connectivity index (χ1) is 12.9. The average Bonchev–Trinajstić information content (AvgIpc) is 2.64. The Morgan fingerprint density at radius 3 is 2.78 bits per heavy atom. The van der Waals surface area contributed by atoms with E-state index in [0.29, 0.717) is 25.1 Å². The van der Waals surface area contributed by atoms with Crippen LogP contribution in [0.15, 0.2) is 18.2 Å². The molecule has 1 amide bonds. The zero-order valence-corrected chi connectivity index (χ0v) is 16.7. The van der Waals surface area contributed by atoms with Crippen molar-refractivity contribution in [1.82, 2.24) is 10.2 Å². The summed E-state index contributed by atoms with van der Waals surface area (Å²) in [4.78, 5) is 14.8. The summed E-state index contributed by atoms with van der Waals surface area (Å²) < 4.78 is 12.0. The maximum Gasteiger partial charge on any atom is 0.253 e. The largest absolute Gasteiger partial charge is 0.491 e. The second-order valence-corrected chi connectivity index (χ2v) is 8.01. The van der Waals surface area contributed by atoms with Crippen LogP contribution in [0.1, 0.15) is 49.0 Å². The summed E-state index contributed by atoms with van der Waals surface area (Å²) >= 11 is 0. The molecule has 0 aromatic heterocycles. The summed E-state index contributed by atoms with van der Waals surface area (Å²) in [5, 5.41) is 12.6. The second kappa shape index (κ2) is 8.59. The van der Waals surface area contributed by atoms with E-state index in [1.165, 1.54) is 0 Å².